The van der Waals surface area contributed by atoms with Gasteiger partial charge in [-0.25, -0.2) is 4.79 Å². The Morgan fingerprint density at radius 1 is 1.25 bits per heavy atom. The van der Waals surface area contributed by atoms with Crippen LogP contribution in [0.3, 0.4) is 0 Å². The molecule has 5 nitrogen and oxygen atoms in total. The van der Waals surface area contributed by atoms with Crippen LogP contribution in [0, 0.1) is 13.8 Å². The van der Waals surface area contributed by atoms with E-state index in [1.807, 2.05) is 0 Å². The fraction of sp³-hybridized carbons (Fsp3) is 0.273. The molecule has 0 saturated carbocycles. The SMILES string of the molecule is COc1cc(C(=O)C(=O)O)c(O)c(C)c1C. The molecule has 0 aliphatic rings. The maximum Gasteiger partial charge on any atom is 0.377 e. The van der Waals surface area contributed by atoms with Gasteiger partial charge in [-0.3, -0.25) is 4.79 Å². The molecular weight excluding hydrogens is 212 g/mol. The number of aromatic hydroxyl groups is 1. The average Bonchev–Trinajstić information content (AvgIpc) is 2.25. The summed E-state index contributed by atoms with van der Waals surface area (Å²) in [5.41, 5.74) is 0.846. The average molecular weight is 224 g/mol. The molecular formula is C11H12O5. The van der Waals surface area contributed by atoms with Crippen LogP contribution < -0.4 is 4.74 Å². The van der Waals surface area contributed by atoms with Crippen molar-refractivity contribution in [2.24, 2.45) is 0 Å². The van der Waals surface area contributed by atoms with Gasteiger partial charge < -0.3 is 14.9 Å². The molecule has 0 amide bonds. The first-order valence-corrected chi connectivity index (χ1v) is 4.55. The summed E-state index contributed by atoms with van der Waals surface area (Å²) in [6.45, 7) is 3.30. The standard InChI is InChI=1S/C11H12O5/c1-5-6(2)9(12)7(4-8(5)16-3)10(13)11(14)15/h4,12H,1-3H3,(H,14,15). The van der Waals surface area contributed by atoms with Gasteiger partial charge in [-0.15, -0.1) is 0 Å². The van der Waals surface area contributed by atoms with E-state index in [4.69, 9.17) is 9.84 Å². The minimum Gasteiger partial charge on any atom is -0.507 e. The van der Waals surface area contributed by atoms with Gasteiger partial charge in [-0.1, -0.05) is 0 Å². The number of ketones is 1. The molecule has 86 valence electrons. The Kier molecular flexibility index (Phi) is 3.17. The second-order valence-electron chi connectivity index (χ2n) is 3.36. The molecule has 0 radical (unpaired) electrons. The number of carboxylic acids is 1. The predicted molar refractivity (Wildman–Crippen MR) is 56.1 cm³/mol. The number of aliphatic carboxylic acids is 1. The van der Waals surface area contributed by atoms with Gasteiger partial charge in [0.15, 0.2) is 0 Å². The lowest BCUT2D eigenvalue weighted by molar-refractivity contribution is -0.131. The summed E-state index contributed by atoms with van der Waals surface area (Å²) in [6.07, 6.45) is 0. The van der Waals surface area contributed by atoms with Crippen molar-refractivity contribution in [3.05, 3.63) is 22.8 Å². The molecule has 5 heteroatoms. The first-order chi connectivity index (χ1) is 7.40. The number of carbonyl (C=O) groups excluding carboxylic acids is 1. The highest BCUT2D eigenvalue weighted by Gasteiger charge is 2.22. The van der Waals surface area contributed by atoms with Gasteiger partial charge in [0.2, 0.25) is 0 Å². The molecule has 0 bridgehead atoms. The van der Waals surface area contributed by atoms with Crippen LogP contribution in [0.1, 0.15) is 21.5 Å². The van der Waals surface area contributed by atoms with E-state index in [0.717, 1.165) is 0 Å². The zero-order valence-electron chi connectivity index (χ0n) is 9.20. The van der Waals surface area contributed by atoms with E-state index in [0.29, 0.717) is 16.9 Å². The number of phenolic OH excluding ortho intramolecular Hbond substituents is 1. The summed E-state index contributed by atoms with van der Waals surface area (Å²) < 4.78 is 5.00. The Hall–Kier alpha value is -2.04. The van der Waals surface area contributed by atoms with Gasteiger partial charge in [0.25, 0.3) is 5.78 Å². The fourth-order valence-corrected chi connectivity index (χ4v) is 1.37. The monoisotopic (exact) mass is 224 g/mol. The molecule has 16 heavy (non-hydrogen) atoms. The van der Waals surface area contributed by atoms with Crippen LogP contribution in [-0.2, 0) is 4.79 Å². The van der Waals surface area contributed by atoms with Crippen molar-refractivity contribution in [1.82, 2.24) is 0 Å². The maximum absolute atomic E-state index is 11.3. The second kappa shape index (κ2) is 4.22. The Morgan fingerprint density at radius 2 is 1.81 bits per heavy atom. The Morgan fingerprint density at radius 3 is 2.25 bits per heavy atom. The van der Waals surface area contributed by atoms with Crippen LogP contribution in [-0.4, -0.2) is 29.1 Å². The number of phenols is 1. The fourth-order valence-electron chi connectivity index (χ4n) is 1.37. The van der Waals surface area contributed by atoms with Crippen LogP contribution in [0.2, 0.25) is 0 Å². The molecule has 0 aliphatic carbocycles. The van der Waals surface area contributed by atoms with Crippen molar-refractivity contribution in [3.8, 4) is 11.5 Å². The first kappa shape index (κ1) is 12.0. The number of ether oxygens (including phenoxy) is 1. The van der Waals surface area contributed by atoms with Gasteiger partial charge >= 0.3 is 5.97 Å². The highest BCUT2D eigenvalue weighted by atomic mass is 16.5. The minimum absolute atomic E-state index is 0.257. The molecule has 0 aromatic heterocycles. The minimum atomic E-state index is -1.61. The van der Waals surface area contributed by atoms with Crippen LogP contribution in [0.25, 0.3) is 0 Å². The van der Waals surface area contributed by atoms with Crippen LogP contribution in [0.15, 0.2) is 6.07 Å². The third-order valence-electron chi connectivity index (χ3n) is 2.48. The third kappa shape index (κ3) is 1.84. The molecule has 0 atom stereocenters. The Labute approximate surface area is 92.3 Å². The lowest BCUT2D eigenvalue weighted by atomic mass is 10.0. The normalized spacial score (nSPS) is 9.94. The van der Waals surface area contributed by atoms with Gasteiger partial charge in [0.05, 0.1) is 12.7 Å². The van der Waals surface area contributed by atoms with Gasteiger partial charge in [0, 0.05) is 0 Å². The van der Waals surface area contributed by atoms with E-state index in [2.05, 4.69) is 0 Å². The zero-order chi connectivity index (χ0) is 12.5. The van der Waals surface area contributed by atoms with E-state index < -0.39 is 11.8 Å². The summed E-state index contributed by atoms with van der Waals surface area (Å²) in [6, 6.07) is 1.23. The maximum atomic E-state index is 11.3. The van der Waals surface area contributed by atoms with E-state index in [1.54, 1.807) is 13.8 Å². The van der Waals surface area contributed by atoms with Crippen molar-refractivity contribution in [3.63, 3.8) is 0 Å². The summed E-state index contributed by atoms with van der Waals surface area (Å²) in [5.74, 6) is -2.70. The molecule has 0 fully saturated rings. The van der Waals surface area contributed by atoms with E-state index in [9.17, 15) is 14.7 Å². The summed E-state index contributed by atoms with van der Waals surface area (Å²) in [4.78, 5) is 21.8. The molecule has 1 aromatic rings. The Balaban J connectivity index is 3.47. The number of Topliss-reactive ketones (excluding diaryl/α,β-unsaturated/α-hetero) is 1. The predicted octanol–water partition coefficient (Wildman–Crippen LogP) is 1.28. The highest BCUT2D eigenvalue weighted by Crippen LogP contribution is 2.32. The molecule has 1 aromatic carbocycles. The number of methoxy groups -OCH3 is 1. The number of carboxylic acid groups (broad SMARTS) is 1. The number of rotatable bonds is 3. The van der Waals surface area contributed by atoms with E-state index >= 15 is 0 Å². The van der Waals surface area contributed by atoms with Gasteiger partial charge in [-0.2, -0.15) is 0 Å². The van der Waals surface area contributed by atoms with Gasteiger partial charge in [-0.05, 0) is 31.0 Å². The molecule has 0 unspecified atom stereocenters. The number of carbonyl (C=O) groups is 2. The molecule has 0 spiro atoms. The van der Waals surface area contributed by atoms with Crippen molar-refractivity contribution >= 4 is 11.8 Å². The molecule has 2 N–H and O–H groups in total. The van der Waals surface area contributed by atoms with Crippen molar-refractivity contribution in [2.75, 3.05) is 7.11 Å². The van der Waals surface area contributed by atoms with E-state index in [1.165, 1.54) is 13.2 Å². The first-order valence-electron chi connectivity index (χ1n) is 4.55. The number of benzene rings is 1. The van der Waals surface area contributed by atoms with Gasteiger partial charge in [0.1, 0.15) is 11.5 Å². The summed E-state index contributed by atoms with van der Waals surface area (Å²) >= 11 is 0. The number of hydrogen-bond donors (Lipinski definition) is 2. The second-order valence-corrected chi connectivity index (χ2v) is 3.36. The van der Waals surface area contributed by atoms with Crippen LogP contribution in [0.5, 0.6) is 11.5 Å². The van der Waals surface area contributed by atoms with Crippen LogP contribution >= 0.6 is 0 Å². The molecule has 0 saturated heterocycles. The lowest BCUT2D eigenvalue weighted by Crippen LogP contribution is -2.13. The van der Waals surface area contributed by atoms with Crippen molar-refractivity contribution < 1.29 is 24.5 Å². The lowest BCUT2D eigenvalue weighted by Gasteiger charge is -2.12. The summed E-state index contributed by atoms with van der Waals surface area (Å²) in [5, 5.41) is 18.3. The largest absolute Gasteiger partial charge is 0.507 e. The molecule has 1 rings (SSSR count). The van der Waals surface area contributed by atoms with Crippen molar-refractivity contribution in [2.45, 2.75) is 13.8 Å². The molecule has 0 aliphatic heterocycles. The quantitative estimate of drug-likeness (QED) is 0.597. The smallest absolute Gasteiger partial charge is 0.377 e. The zero-order valence-corrected chi connectivity index (χ0v) is 9.20. The highest BCUT2D eigenvalue weighted by molar-refractivity contribution is 6.40. The molecule has 0 heterocycles. The number of hydrogen-bond acceptors (Lipinski definition) is 4. The Bertz CT molecular complexity index is 462. The summed E-state index contributed by atoms with van der Waals surface area (Å²) in [7, 11) is 1.41. The van der Waals surface area contributed by atoms with Crippen LogP contribution in [0.4, 0.5) is 0 Å². The topological polar surface area (TPSA) is 83.8 Å². The van der Waals surface area contributed by atoms with E-state index in [-0.39, 0.29) is 11.3 Å². The van der Waals surface area contributed by atoms with Crippen molar-refractivity contribution in [1.29, 1.82) is 0 Å². The third-order valence-corrected chi connectivity index (χ3v) is 2.48.